The van der Waals surface area contributed by atoms with E-state index in [-0.39, 0.29) is 10.6 Å². The molecule has 0 bridgehead atoms. The maximum atomic E-state index is 10.5. The Morgan fingerprint density at radius 2 is 1.73 bits per heavy atom. The molecule has 0 fully saturated rings. The average molecular weight is 226 g/mol. The van der Waals surface area contributed by atoms with Crippen molar-refractivity contribution >= 4 is 16.6 Å². The summed E-state index contributed by atoms with van der Waals surface area (Å²) in [6.45, 7) is 4.38. The van der Waals surface area contributed by atoms with Crippen LogP contribution in [-0.4, -0.2) is 16.4 Å². The summed E-state index contributed by atoms with van der Waals surface area (Å²) in [4.78, 5) is 10.1. The van der Waals surface area contributed by atoms with Gasteiger partial charge in [0, 0.05) is 17.7 Å². The molecule has 0 heterocycles. The van der Waals surface area contributed by atoms with Gasteiger partial charge in [0.1, 0.15) is 17.3 Å². The third-order valence-corrected chi connectivity index (χ3v) is 4.71. The molecule has 0 unspecified atom stereocenters. The largest absolute Gasteiger partial charge is 0.269 e. The SMILES string of the molecule is CC[S+](CC)Cc1ccc([N+](=O)[O-])cc1. The fraction of sp³-hybridized carbons (Fsp3) is 0.455. The van der Waals surface area contributed by atoms with Crippen LogP contribution in [0.1, 0.15) is 19.4 Å². The van der Waals surface area contributed by atoms with Crippen molar-refractivity contribution < 1.29 is 4.92 Å². The predicted molar refractivity (Wildman–Crippen MR) is 65.2 cm³/mol. The van der Waals surface area contributed by atoms with Crippen LogP contribution in [0, 0.1) is 10.1 Å². The molecule has 15 heavy (non-hydrogen) atoms. The summed E-state index contributed by atoms with van der Waals surface area (Å²) in [5, 5.41) is 10.5. The lowest BCUT2D eigenvalue weighted by Crippen LogP contribution is -2.10. The van der Waals surface area contributed by atoms with Crippen molar-refractivity contribution in [2.75, 3.05) is 11.5 Å². The summed E-state index contributed by atoms with van der Waals surface area (Å²) >= 11 is 0. The highest BCUT2D eigenvalue weighted by Crippen LogP contribution is 2.15. The number of nitro groups is 1. The van der Waals surface area contributed by atoms with Gasteiger partial charge in [-0.2, -0.15) is 0 Å². The van der Waals surface area contributed by atoms with Crippen molar-refractivity contribution in [2.45, 2.75) is 19.6 Å². The minimum Gasteiger partial charge on any atom is -0.258 e. The van der Waals surface area contributed by atoms with Crippen LogP contribution in [0.4, 0.5) is 5.69 Å². The minimum atomic E-state index is -0.358. The number of nitro benzene ring substituents is 1. The van der Waals surface area contributed by atoms with Gasteiger partial charge in [0.15, 0.2) is 0 Å². The second-order valence-corrected chi connectivity index (χ2v) is 5.93. The van der Waals surface area contributed by atoms with E-state index >= 15 is 0 Å². The molecule has 0 aliphatic heterocycles. The molecule has 82 valence electrons. The number of benzene rings is 1. The second kappa shape index (κ2) is 5.75. The van der Waals surface area contributed by atoms with Gasteiger partial charge >= 0.3 is 0 Å². The first-order chi connectivity index (χ1) is 7.17. The van der Waals surface area contributed by atoms with Gasteiger partial charge in [-0.15, -0.1) is 0 Å². The Hall–Kier alpha value is -1.03. The van der Waals surface area contributed by atoms with Gasteiger partial charge < -0.3 is 0 Å². The van der Waals surface area contributed by atoms with E-state index in [2.05, 4.69) is 13.8 Å². The number of rotatable bonds is 5. The Morgan fingerprint density at radius 1 is 1.20 bits per heavy atom. The number of hydrogen-bond acceptors (Lipinski definition) is 2. The summed E-state index contributed by atoms with van der Waals surface area (Å²) in [6.07, 6.45) is 0. The lowest BCUT2D eigenvalue weighted by molar-refractivity contribution is -0.384. The molecule has 0 N–H and O–H groups in total. The lowest BCUT2D eigenvalue weighted by atomic mass is 10.2. The summed E-state index contributed by atoms with van der Waals surface area (Å²) in [7, 11) is 0.423. The highest BCUT2D eigenvalue weighted by Gasteiger charge is 2.14. The van der Waals surface area contributed by atoms with Crippen molar-refractivity contribution in [2.24, 2.45) is 0 Å². The Labute approximate surface area is 93.0 Å². The van der Waals surface area contributed by atoms with Gasteiger partial charge in [-0.3, -0.25) is 10.1 Å². The quantitative estimate of drug-likeness (QED) is 0.440. The van der Waals surface area contributed by atoms with Gasteiger partial charge in [0.05, 0.1) is 4.92 Å². The fourth-order valence-corrected chi connectivity index (χ4v) is 2.84. The van der Waals surface area contributed by atoms with Gasteiger partial charge in [-0.1, -0.05) is 0 Å². The molecular formula is C11H16NO2S+. The number of non-ortho nitro benzene ring substituents is 1. The minimum absolute atomic E-state index is 0.173. The first-order valence-corrected chi connectivity index (χ1v) is 6.78. The molecule has 4 heteroatoms. The summed E-state index contributed by atoms with van der Waals surface area (Å²) in [6, 6.07) is 6.90. The van der Waals surface area contributed by atoms with Crippen LogP contribution >= 0.6 is 0 Å². The summed E-state index contributed by atoms with van der Waals surface area (Å²) in [5.74, 6) is 3.42. The van der Waals surface area contributed by atoms with Gasteiger partial charge in [0.2, 0.25) is 0 Å². The van der Waals surface area contributed by atoms with Crippen molar-refractivity contribution in [3.8, 4) is 0 Å². The zero-order valence-electron chi connectivity index (χ0n) is 9.10. The first kappa shape index (κ1) is 12.0. The molecule has 0 radical (unpaired) electrons. The van der Waals surface area contributed by atoms with Crippen molar-refractivity contribution in [3.05, 3.63) is 39.9 Å². The van der Waals surface area contributed by atoms with Crippen LogP contribution in [0.15, 0.2) is 24.3 Å². The molecule has 1 aromatic carbocycles. The molecular weight excluding hydrogens is 210 g/mol. The lowest BCUT2D eigenvalue weighted by Gasteiger charge is -2.03. The number of nitrogens with zero attached hydrogens (tertiary/aromatic N) is 1. The molecule has 0 aromatic heterocycles. The smallest absolute Gasteiger partial charge is 0.258 e. The zero-order chi connectivity index (χ0) is 11.3. The van der Waals surface area contributed by atoms with Gasteiger partial charge in [-0.05, 0) is 36.9 Å². The maximum absolute atomic E-state index is 10.5. The Balaban J connectivity index is 2.67. The Morgan fingerprint density at radius 3 is 2.13 bits per heavy atom. The normalized spacial score (nSPS) is 10.6. The molecule has 1 rings (SSSR count). The van der Waals surface area contributed by atoms with Crippen molar-refractivity contribution in [1.82, 2.24) is 0 Å². The van der Waals surface area contributed by atoms with E-state index in [1.807, 2.05) is 12.1 Å². The molecule has 0 aliphatic rings. The first-order valence-electron chi connectivity index (χ1n) is 5.04. The molecule has 1 aromatic rings. The number of hydrogen-bond donors (Lipinski definition) is 0. The monoisotopic (exact) mass is 226 g/mol. The van der Waals surface area contributed by atoms with Crippen LogP contribution < -0.4 is 0 Å². The van der Waals surface area contributed by atoms with Crippen LogP contribution in [-0.2, 0) is 16.6 Å². The molecule has 3 nitrogen and oxygen atoms in total. The Kier molecular flexibility index (Phi) is 4.62. The molecule has 0 spiro atoms. The van der Waals surface area contributed by atoms with E-state index in [1.54, 1.807) is 12.1 Å². The standard InChI is InChI=1S/C11H16NO2S/c1-3-15(4-2)9-10-5-7-11(8-6-10)12(13)14/h5-8H,3-4,9H2,1-2H3/q+1. The van der Waals surface area contributed by atoms with Crippen LogP contribution in [0.5, 0.6) is 0 Å². The maximum Gasteiger partial charge on any atom is 0.269 e. The Bertz CT molecular complexity index is 320. The third-order valence-electron chi connectivity index (χ3n) is 2.33. The summed E-state index contributed by atoms with van der Waals surface area (Å²) in [5.41, 5.74) is 1.37. The summed E-state index contributed by atoms with van der Waals surface area (Å²) < 4.78 is 0. The van der Waals surface area contributed by atoms with Crippen molar-refractivity contribution in [1.29, 1.82) is 0 Å². The fourth-order valence-electron chi connectivity index (χ4n) is 1.36. The van der Waals surface area contributed by atoms with Crippen LogP contribution in [0.25, 0.3) is 0 Å². The zero-order valence-corrected chi connectivity index (χ0v) is 9.92. The predicted octanol–water partition coefficient (Wildman–Crippen LogP) is 2.75. The average Bonchev–Trinajstić information content (AvgIpc) is 2.26. The van der Waals surface area contributed by atoms with E-state index in [1.165, 1.54) is 17.1 Å². The van der Waals surface area contributed by atoms with Crippen molar-refractivity contribution in [3.63, 3.8) is 0 Å². The molecule has 0 amide bonds. The van der Waals surface area contributed by atoms with Gasteiger partial charge in [-0.25, -0.2) is 0 Å². The van der Waals surface area contributed by atoms with E-state index in [0.717, 1.165) is 5.75 Å². The van der Waals surface area contributed by atoms with E-state index in [4.69, 9.17) is 0 Å². The highest BCUT2D eigenvalue weighted by atomic mass is 32.2. The second-order valence-electron chi connectivity index (χ2n) is 3.26. The molecule has 0 aliphatic carbocycles. The third kappa shape index (κ3) is 3.55. The highest BCUT2D eigenvalue weighted by molar-refractivity contribution is 7.96. The van der Waals surface area contributed by atoms with Gasteiger partial charge in [0.25, 0.3) is 5.69 Å². The molecule has 0 saturated carbocycles. The van der Waals surface area contributed by atoms with Crippen LogP contribution in [0.3, 0.4) is 0 Å². The van der Waals surface area contributed by atoms with E-state index in [0.29, 0.717) is 10.9 Å². The van der Waals surface area contributed by atoms with Crippen LogP contribution in [0.2, 0.25) is 0 Å². The molecule has 0 saturated heterocycles. The topological polar surface area (TPSA) is 43.1 Å². The van der Waals surface area contributed by atoms with E-state index < -0.39 is 0 Å². The van der Waals surface area contributed by atoms with E-state index in [9.17, 15) is 10.1 Å². The molecule has 0 atom stereocenters.